The van der Waals surface area contributed by atoms with Crippen LogP contribution in [0.4, 0.5) is 0 Å². The summed E-state index contributed by atoms with van der Waals surface area (Å²) in [6, 6.07) is 0. The number of ketones is 2. The molecule has 0 radical (unpaired) electrons. The minimum atomic E-state index is 0.0869. The van der Waals surface area contributed by atoms with Crippen LogP contribution in [0.25, 0.3) is 0 Å². The third-order valence-electron chi connectivity index (χ3n) is 2.67. The second-order valence-corrected chi connectivity index (χ2v) is 6.45. The average molecular weight is 308 g/mol. The summed E-state index contributed by atoms with van der Waals surface area (Å²) in [6.45, 7) is 2.01. The predicted octanol–water partition coefficient (Wildman–Crippen LogP) is 3.60. The van der Waals surface area contributed by atoms with E-state index in [1.165, 1.54) is 12.0 Å². The van der Waals surface area contributed by atoms with Crippen LogP contribution in [0, 0.1) is 0 Å². The molecule has 1 atom stereocenters. The lowest BCUT2D eigenvalue weighted by Gasteiger charge is -2.13. The summed E-state index contributed by atoms with van der Waals surface area (Å²) in [7, 11) is 0. The first kappa shape index (κ1) is 15.4. The molecule has 0 fully saturated rings. The topological polar surface area (TPSA) is 43.4 Å². The van der Waals surface area contributed by atoms with Crippen molar-refractivity contribution in [2.24, 2.45) is 0 Å². The molecular weight excluding hydrogens is 292 g/mol. The molecular formula is C15H16O3S2. The van der Waals surface area contributed by atoms with E-state index in [0.29, 0.717) is 12.8 Å². The van der Waals surface area contributed by atoms with Gasteiger partial charge in [-0.25, -0.2) is 0 Å². The Labute approximate surface area is 127 Å². The quantitative estimate of drug-likeness (QED) is 0.701. The number of carbonyl (C=O) groups is 2. The zero-order valence-electron chi connectivity index (χ0n) is 11.2. The molecule has 2 aliphatic rings. The van der Waals surface area contributed by atoms with Gasteiger partial charge in [-0.05, 0) is 31.2 Å². The summed E-state index contributed by atoms with van der Waals surface area (Å²) >= 11 is 3.00. The van der Waals surface area contributed by atoms with E-state index in [4.69, 9.17) is 4.18 Å². The summed E-state index contributed by atoms with van der Waals surface area (Å²) in [5, 5.41) is 0. The Hall–Kier alpha value is -1.04. The highest BCUT2D eigenvalue weighted by Crippen LogP contribution is 2.27. The van der Waals surface area contributed by atoms with Gasteiger partial charge in [-0.15, -0.1) is 11.8 Å². The molecule has 0 aromatic carbocycles. The van der Waals surface area contributed by atoms with E-state index in [1.54, 1.807) is 30.0 Å². The Balaban J connectivity index is 1.67. The van der Waals surface area contributed by atoms with E-state index < -0.39 is 0 Å². The number of hydrogen-bond acceptors (Lipinski definition) is 5. The second kappa shape index (κ2) is 7.67. The number of thioether (sulfide) groups is 1. The minimum absolute atomic E-state index is 0.0869. The van der Waals surface area contributed by atoms with E-state index in [0.717, 1.165) is 15.6 Å². The molecule has 0 aromatic heterocycles. The van der Waals surface area contributed by atoms with Gasteiger partial charge in [0.25, 0.3) is 0 Å². The van der Waals surface area contributed by atoms with E-state index in [-0.39, 0.29) is 17.7 Å². The van der Waals surface area contributed by atoms with Gasteiger partial charge in [0, 0.05) is 40.4 Å². The van der Waals surface area contributed by atoms with E-state index in [2.05, 4.69) is 0 Å². The molecule has 106 valence electrons. The summed E-state index contributed by atoms with van der Waals surface area (Å²) < 4.78 is 5.68. The minimum Gasteiger partial charge on any atom is -0.306 e. The normalized spacial score (nSPS) is 19.9. The Morgan fingerprint density at radius 3 is 2.20 bits per heavy atom. The Bertz CT molecular complexity index is 469. The monoisotopic (exact) mass is 308 g/mol. The van der Waals surface area contributed by atoms with Gasteiger partial charge >= 0.3 is 0 Å². The van der Waals surface area contributed by atoms with Crippen LogP contribution in [0.15, 0.2) is 46.3 Å². The van der Waals surface area contributed by atoms with Crippen molar-refractivity contribution >= 4 is 35.4 Å². The van der Waals surface area contributed by atoms with Gasteiger partial charge in [0.15, 0.2) is 11.6 Å². The molecule has 0 heterocycles. The molecule has 0 amide bonds. The van der Waals surface area contributed by atoms with Crippen LogP contribution in [0.2, 0.25) is 0 Å². The van der Waals surface area contributed by atoms with Crippen LogP contribution < -0.4 is 0 Å². The Morgan fingerprint density at radius 2 is 1.65 bits per heavy atom. The first-order valence-corrected chi connectivity index (χ1v) is 8.14. The van der Waals surface area contributed by atoms with Crippen molar-refractivity contribution in [1.29, 1.82) is 0 Å². The number of hydrogen-bond donors (Lipinski definition) is 0. The molecule has 0 bridgehead atoms. The van der Waals surface area contributed by atoms with Gasteiger partial charge in [-0.2, -0.15) is 0 Å². The molecule has 1 unspecified atom stereocenters. The molecule has 0 N–H and O–H groups in total. The lowest BCUT2D eigenvalue weighted by molar-refractivity contribution is -0.114. The van der Waals surface area contributed by atoms with Gasteiger partial charge in [0.05, 0.1) is 6.10 Å². The maximum Gasteiger partial charge on any atom is 0.159 e. The first-order chi connectivity index (χ1) is 9.63. The van der Waals surface area contributed by atoms with Gasteiger partial charge in [0.2, 0.25) is 0 Å². The van der Waals surface area contributed by atoms with Gasteiger partial charge < -0.3 is 4.18 Å². The molecule has 0 saturated carbocycles. The molecule has 5 heteroatoms. The fraction of sp³-hybridized carbons (Fsp3) is 0.333. The lowest BCUT2D eigenvalue weighted by atomic mass is 10.2. The van der Waals surface area contributed by atoms with Gasteiger partial charge in [-0.3, -0.25) is 9.59 Å². The largest absolute Gasteiger partial charge is 0.306 e. The van der Waals surface area contributed by atoms with Crippen molar-refractivity contribution in [2.45, 2.75) is 25.9 Å². The second-order valence-electron chi connectivity index (χ2n) is 4.52. The van der Waals surface area contributed by atoms with E-state index >= 15 is 0 Å². The molecule has 20 heavy (non-hydrogen) atoms. The van der Waals surface area contributed by atoms with Crippen molar-refractivity contribution < 1.29 is 13.8 Å². The molecule has 0 saturated heterocycles. The van der Waals surface area contributed by atoms with Gasteiger partial charge in [-0.1, -0.05) is 12.2 Å². The Morgan fingerprint density at radius 1 is 1.05 bits per heavy atom. The fourth-order valence-electron chi connectivity index (χ4n) is 1.57. The number of carbonyl (C=O) groups excluding carboxylic acids is 2. The van der Waals surface area contributed by atoms with Crippen LogP contribution in [-0.4, -0.2) is 23.4 Å². The van der Waals surface area contributed by atoms with Crippen molar-refractivity contribution in [3.05, 3.63) is 46.3 Å². The molecule has 2 aliphatic carbocycles. The van der Waals surface area contributed by atoms with Crippen molar-refractivity contribution in [1.82, 2.24) is 0 Å². The average Bonchev–Trinajstić information content (AvgIpc) is 2.46. The predicted molar refractivity (Wildman–Crippen MR) is 84.3 cm³/mol. The highest BCUT2D eigenvalue weighted by atomic mass is 32.2. The van der Waals surface area contributed by atoms with Crippen molar-refractivity contribution in [3.8, 4) is 0 Å². The molecule has 0 spiro atoms. The number of rotatable bonds is 6. The first-order valence-electron chi connectivity index (χ1n) is 6.42. The lowest BCUT2D eigenvalue weighted by Crippen LogP contribution is -2.07. The SMILES string of the molecule is CC(CSC1=CCC(=O)C=C1)OSC1=CCC(=O)C=C1. The summed E-state index contributed by atoms with van der Waals surface area (Å²) in [5.41, 5.74) is 0. The maximum absolute atomic E-state index is 11.0. The highest BCUT2D eigenvalue weighted by molar-refractivity contribution is 8.03. The molecule has 2 rings (SSSR count). The summed E-state index contributed by atoms with van der Waals surface area (Å²) in [4.78, 5) is 24.2. The zero-order valence-corrected chi connectivity index (χ0v) is 12.8. The smallest absolute Gasteiger partial charge is 0.159 e. The van der Waals surface area contributed by atoms with Crippen LogP contribution >= 0.6 is 23.8 Å². The summed E-state index contributed by atoms with van der Waals surface area (Å²) in [6.07, 6.45) is 11.7. The third kappa shape index (κ3) is 5.15. The highest BCUT2D eigenvalue weighted by Gasteiger charge is 2.10. The maximum atomic E-state index is 11.0. The standard InChI is InChI=1S/C15H16O3S2/c1-11(10-19-14-6-2-12(16)3-7-14)18-20-15-8-4-13(17)5-9-15/h2,4,6-9,11H,3,5,10H2,1H3. The van der Waals surface area contributed by atoms with Crippen LogP contribution in [0.5, 0.6) is 0 Å². The van der Waals surface area contributed by atoms with E-state index in [9.17, 15) is 9.59 Å². The third-order valence-corrected chi connectivity index (χ3v) is 4.86. The fourth-order valence-corrected chi connectivity index (χ4v) is 3.14. The van der Waals surface area contributed by atoms with Crippen molar-refractivity contribution in [3.63, 3.8) is 0 Å². The molecule has 0 aromatic rings. The van der Waals surface area contributed by atoms with Crippen molar-refractivity contribution in [2.75, 3.05) is 5.75 Å². The van der Waals surface area contributed by atoms with Crippen LogP contribution in [0.1, 0.15) is 19.8 Å². The van der Waals surface area contributed by atoms with Gasteiger partial charge in [0.1, 0.15) is 0 Å². The number of allylic oxidation sites excluding steroid dienone is 6. The molecule has 0 aliphatic heterocycles. The summed E-state index contributed by atoms with van der Waals surface area (Å²) in [5.74, 6) is 1.11. The zero-order chi connectivity index (χ0) is 14.4. The molecule has 3 nitrogen and oxygen atoms in total. The van der Waals surface area contributed by atoms with Crippen LogP contribution in [-0.2, 0) is 13.8 Å². The van der Waals surface area contributed by atoms with Crippen LogP contribution in [0.3, 0.4) is 0 Å². The Kier molecular flexibility index (Phi) is 5.88. The van der Waals surface area contributed by atoms with E-state index in [1.807, 2.05) is 25.2 Å².